The summed E-state index contributed by atoms with van der Waals surface area (Å²) in [6.07, 6.45) is 0.832. The van der Waals surface area contributed by atoms with Crippen LogP contribution in [0.25, 0.3) is 11.1 Å². The van der Waals surface area contributed by atoms with Gasteiger partial charge in [-0.2, -0.15) is 0 Å². The van der Waals surface area contributed by atoms with Gasteiger partial charge in [0.25, 0.3) is 0 Å². The van der Waals surface area contributed by atoms with Gasteiger partial charge in [-0.1, -0.05) is 35.9 Å². The van der Waals surface area contributed by atoms with Crippen LogP contribution in [0.1, 0.15) is 11.1 Å². The number of rotatable bonds is 3. The first-order valence-corrected chi connectivity index (χ1v) is 5.79. The normalized spacial score (nSPS) is 10.5. The van der Waals surface area contributed by atoms with Gasteiger partial charge < -0.3 is 10.8 Å². The van der Waals surface area contributed by atoms with Crippen molar-refractivity contribution >= 4 is 0 Å². The van der Waals surface area contributed by atoms with Gasteiger partial charge in [0, 0.05) is 5.56 Å². The van der Waals surface area contributed by atoms with Crippen molar-refractivity contribution in [3.8, 4) is 16.9 Å². The van der Waals surface area contributed by atoms with E-state index in [4.69, 9.17) is 5.73 Å². The number of nitrogens with two attached hydrogens (primary N) is 1. The van der Waals surface area contributed by atoms with Crippen molar-refractivity contribution in [1.29, 1.82) is 0 Å². The Balaban J connectivity index is 2.46. The second-order valence-corrected chi connectivity index (χ2v) is 4.26. The molecule has 0 saturated heterocycles. The molecule has 88 valence electrons. The summed E-state index contributed by atoms with van der Waals surface area (Å²) in [5.74, 6) is 0.316. The Bertz CT molecular complexity index is 520. The number of aryl methyl sites for hydroxylation is 1. The number of benzene rings is 2. The van der Waals surface area contributed by atoms with Crippen LogP contribution in [0.15, 0.2) is 42.5 Å². The first kappa shape index (κ1) is 11.7. The molecule has 2 aromatic carbocycles. The lowest BCUT2D eigenvalue weighted by Crippen LogP contribution is -2.02. The number of aromatic hydroxyl groups is 1. The third-order valence-electron chi connectivity index (χ3n) is 2.82. The van der Waals surface area contributed by atoms with Crippen molar-refractivity contribution in [3.05, 3.63) is 53.6 Å². The Kier molecular flexibility index (Phi) is 3.45. The molecule has 2 rings (SSSR count). The quantitative estimate of drug-likeness (QED) is 0.847. The number of phenolic OH excluding ortho intramolecular Hbond substituents is 1. The molecule has 0 saturated carbocycles. The maximum atomic E-state index is 9.92. The van der Waals surface area contributed by atoms with Crippen molar-refractivity contribution in [2.75, 3.05) is 6.54 Å². The van der Waals surface area contributed by atoms with E-state index >= 15 is 0 Å². The Morgan fingerprint density at radius 2 is 1.94 bits per heavy atom. The van der Waals surface area contributed by atoms with Crippen molar-refractivity contribution < 1.29 is 5.11 Å². The summed E-state index contributed by atoms with van der Waals surface area (Å²) in [5.41, 5.74) is 9.81. The predicted octanol–water partition coefficient (Wildman–Crippen LogP) is 2.87. The van der Waals surface area contributed by atoms with Gasteiger partial charge in [0.15, 0.2) is 0 Å². The van der Waals surface area contributed by atoms with E-state index < -0.39 is 0 Å². The number of hydrogen-bond donors (Lipinski definition) is 2. The Labute approximate surface area is 102 Å². The first-order chi connectivity index (χ1) is 8.20. The van der Waals surface area contributed by atoms with Gasteiger partial charge in [-0.15, -0.1) is 0 Å². The van der Waals surface area contributed by atoms with E-state index in [0.29, 0.717) is 12.3 Å². The van der Waals surface area contributed by atoms with E-state index in [1.165, 1.54) is 5.56 Å². The molecule has 0 radical (unpaired) electrons. The minimum Gasteiger partial charge on any atom is -0.507 e. The highest BCUT2D eigenvalue weighted by Crippen LogP contribution is 2.30. The summed E-state index contributed by atoms with van der Waals surface area (Å²) in [6, 6.07) is 13.8. The molecule has 0 aliphatic carbocycles. The highest BCUT2D eigenvalue weighted by atomic mass is 16.3. The molecule has 0 bridgehead atoms. The standard InChI is InChI=1S/C15H17NO/c1-11-3-2-4-13(9-11)14-10-12(7-8-16)5-6-15(14)17/h2-6,9-10,17H,7-8,16H2,1H3. The third-order valence-corrected chi connectivity index (χ3v) is 2.82. The van der Waals surface area contributed by atoms with Gasteiger partial charge in [0.1, 0.15) is 5.75 Å². The fourth-order valence-corrected chi connectivity index (χ4v) is 1.95. The molecule has 0 aliphatic rings. The van der Waals surface area contributed by atoms with Crippen LogP contribution >= 0.6 is 0 Å². The second kappa shape index (κ2) is 5.02. The average Bonchev–Trinajstić information content (AvgIpc) is 2.32. The van der Waals surface area contributed by atoms with Gasteiger partial charge >= 0.3 is 0 Å². The van der Waals surface area contributed by atoms with E-state index in [2.05, 4.69) is 6.07 Å². The van der Waals surface area contributed by atoms with Gasteiger partial charge in [0.2, 0.25) is 0 Å². The fourth-order valence-electron chi connectivity index (χ4n) is 1.95. The zero-order valence-electron chi connectivity index (χ0n) is 9.98. The molecule has 0 aromatic heterocycles. The summed E-state index contributed by atoms with van der Waals surface area (Å²) in [5, 5.41) is 9.92. The lowest BCUT2D eigenvalue weighted by atomic mass is 9.99. The maximum absolute atomic E-state index is 9.92. The molecule has 0 spiro atoms. The largest absolute Gasteiger partial charge is 0.507 e. The summed E-state index contributed by atoms with van der Waals surface area (Å²) in [4.78, 5) is 0. The van der Waals surface area contributed by atoms with Gasteiger partial charge in [0.05, 0.1) is 0 Å². The topological polar surface area (TPSA) is 46.2 Å². The number of hydrogen-bond acceptors (Lipinski definition) is 2. The molecule has 0 unspecified atom stereocenters. The Hall–Kier alpha value is -1.80. The number of phenols is 1. The van der Waals surface area contributed by atoms with Gasteiger partial charge in [-0.25, -0.2) is 0 Å². The van der Waals surface area contributed by atoms with Crippen LogP contribution in [-0.2, 0) is 6.42 Å². The first-order valence-electron chi connectivity index (χ1n) is 5.79. The van der Waals surface area contributed by atoms with Crippen molar-refractivity contribution in [1.82, 2.24) is 0 Å². The lowest BCUT2D eigenvalue weighted by Gasteiger charge is -2.08. The highest BCUT2D eigenvalue weighted by molar-refractivity contribution is 5.71. The summed E-state index contributed by atoms with van der Waals surface area (Å²) in [6.45, 7) is 2.67. The molecule has 0 amide bonds. The van der Waals surface area contributed by atoms with Crippen LogP contribution in [-0.4, -0.2) is 11.7 Å². The molecule has 2 heteroatoms. The molecule has 2 aromatic rings. The van der Waals surface area contributed by atoms with Crippen molar-refractivity contribution in [2.24, 2.45) is 5.73 Å². The second-order valence-electron chi connectivity index (χ2n) is 4.26. The van der Waals surface area contributed by atoms with E-state index in [1.807, 2.05) is 37.3 Å². The predicted molar refractivity (Wildman–Crippen MR) is 71.0 cm³/mol. The van der Waals surface area contributed by atoms with Crippen molar-refractivity contribution in [2.45, 2.75) is 13.3 Å². The van der Waals surface area contributed by atoms with Gasteiger partial charge in [-0.3, -0.25) is 0 Å². The van der Waals surface area contributed by atoms with Crippen LogP contribution in [0, 0.1) is 6.92 Å². The molecule has 17 heavy (non-hydrogen) atoms. The summed E-state index contributed by atoms with van der Waals surface area (Å²) < 4.78 is 0. The molecule has 0 atom stereocenters. The SMILES string of the molecule is Cc1cccc(-c2cc(CCN)ccc2O)c1. The fraction of sp³-hybridized carbons (Fsp3) is 0.200. The van der Waals surface area contributed by atoms with Crippen LogP contribution in [0.4, 0.5) is 0 Å². The Morgan fingerprint density at radius 1 is 1.12 bits per heavy atom. The van der Waals surface area contributed by atoms with E-state index in [1.54, 1.807) is 6.07 Å². The van der Waals surface area contributed by atoms with Crippen molar-refractivity contribution in [3.63, 3.8) is 0 Å². The third kappa shape index (κ3) is 2.66. The summed E-state index contributed by atoms with van der Waals surface area (Å²) in [7, 11) is 0. The van der Waals surface area contributed by atoms with Crippen LogP contribution in [0.3, 0.4) is 0 Å². The minimum atomic E-state index is 0.316. The van der Waals surface area contributed by atoms with Crippen LogP contribution in [0.5, 0.6) is 5.75 Å². The zero-order chi connectivity index (χ0) is 12.3. The van der Waals surface area contributed by atoms with Crippen LogP contribution < -0.4 is 5.73 Å². The Morgan fingerprint density at radius 3 is 2.65 bits per heavy atom. The monoisotopic (exact) mass is 227 g/mol. The zero-order valence-corrected chi connectivity index (χ0v) is 9.98. The molecular formula is C15H17NO. The van der Waals surface area contributed by atoms with Gasteiger partial charge in [-0.05, 0) is 43.1 Å². The van der Waals surface area contributed by atoms with Crippen LogP contribution in [0.2, 0.25) is 0 Å². The lowest BCUT2D eigenvalue weighted by molar-refractivity contribution is 0.477. The summed E-state index contributed by atoms with van der Waals surface area (Å²) >= 11 is 0. The molecule has 3 N–H and O–H groups in total. The molecule has 0 aliphatic heterocycles. The molecule has 0 fully saturated rings. The minimum absolute atomic E-state index is 0.316. The molecule has 0 heterocycles. The van der Waals surface area contributed by atoms with E-state index in [-0.39, 0.29) is 0 Å². The molecule has 2 nitrogen and oxygen atoms in total. The average molecular weight is 227 g/mol. The molecular weight excluding hydrogens is 210 g/mol. The smallest absolute Gasteiger partial charge is 0.123 e. The highest BCUT2D eigenvalue weighted by Gasteiger charge is 2.05. The van der Waals surface area contributed by atoms with E-state index in [9.17, 15) is 5.11 Å². The van der Waals surface area contributed by atoms with E-state index in [0.717, 1.165) is 23.1 Å². The maximum Gasteiger partial charge on any atom is 0.123 e.